The van der Waals surface area contributed by atoms with Crippen molar-refractivity contribution in [3.8, 4) is 34.0 Å². The van der Waals surface area contributed by atoms with Crippen LogP contribution in [-0.4, -0.2) is 19.1 Å². The molecular weight excluding hydrogens is 717 g/mol. The maximum Gasteiger partial charge on any atom is 0.235 e. The van der Waals surface area contributed by atoms with Crippen LogP contribution in [0.4, 0.5) is 0 Å². The van der Waals surface area contributed by atoms with Gasteiger partial charge in [0.05, 0.1) is 33.3 Å². The highest BCUT2D eigenvalue weighted by molar-refractivity contribution is 6.23. The van der Waals surface area contributed by atoms with E-state index in [4.69, 9.17) is 9.97 Å². The molecule has 0 atom stereocenters. The molecule has 4 heteroatoms. The number of rotatable bonds is 3. The normalized spacial score (nSPS) is 13.4. The van der Waals surface area contributed by atoms with E-state index < -0.39 is 0 Å². The summed E-state index contributed by atoms with van der Waals surface area (Å²) in [6.45, 7) is 4.68. The molecule has 0 amide bonds. The summed E-state index contributed by atoms with van der Waals surface area (Å²) in [5, 5.41) is 10.8. The fraction of sp³-hybridized carbons (Fsp3) is 0.0545. The van der Waals surface area contributed by atoms with E-state index in [1.54, 1.807) is 0 Å². The third-order valence-corrected chi connectivity index (χ3v) is 13.1. The highest BCUT2D eigenvalue weighted by Gasteiger charge is 2.37. The lowest BCUT2D eigenvalue weighted by Gasteiger charge is -2.21. The first-order chi connectivity index (χ1) is 29.0. The molecule has 1 aliphatic carbocycles. The summed E-state index contributed by atoms with van der Waals surface area (Å²) in [6.07, 6.45) is 0. The van der Waals surface area contributed by atoms with Crippen molar-refractivity contribution < 1.29 is 0 Å². The summed E-state index contributed by atoms with van der Waals surface area (Å²) < 4.78 is 4.73. The molecule has 13 rings (SSSR count). The zero-order valence-electron chi connectivity index (χ0n) is 32.6. The van der Waals surface area contributed by atoms with Crippen LogP contribution in [0.25, 0.3) is 110 Å². The van der Waals surface area contributed by atoms with Gasteiger partial charge < -0.3 is 4.57 Å². The fourth-order valence-electron chi connectivity index (χ4n) is 10.5. The first kappa shape index (κ1) is 32.5. The smallest absolute Gasteiger partial charge is 0.235 e. The summed E-state index contributed by atoms with van der Waals surface area (Å²) in [5.74, 6) is 0.655. The molecule has 0 N–H and O–H groups in total. The monoisotopic (exact) mass is 752 g/mol. The fourth-order valence-corrected chi connectivity index (χ4v) is 10.5. The summed E-state index contributed by atoms with van der Waals surface area (Å²) in [5.41, 5.74) is 13.7. The van der Waals surface area contributed by atoms with Crippen molar-refractivity contribution in [2.75, 3.05) is 0 Å². The van der Waals surface area contributed by atoms with Crippen molar-refractivity contribution in [3.63, 3.8) is 0 Å². The Morgan fingerprint density at radius 1 is 0.407 bits per heavy atom. The summed E-state index contributed by atoms with van der Waals surface area (Å²) in [4.78, 5) is 11.1. The van der Waals surface area contributed by atoms with Crippen LogP contribution < -0.4 is 0 Å². The van der Waals surface area contributed by atoms with E-state index in [0.29, 0.717) is 5.95 Å². The van der Waals surface area contributed by atoms with Gasteiger partial charge in [-0.15, -0.1) is 0 Å². The topological polar surface area (TPSA) is 35.6 Å². The Morgan fingerprint density at radius 2 is 1.00 bits per heavy atom. The molecule has 0 saturated heterocycles. The lowest BCUT2D eigenvalue weighted by molar-refractivity contribution is 0.660. The van der Waals surface area contributed by atoms with Gasteiger partial charge in [-0.2, -0.15) is 0 Å². The minimum Gasteiger partial charge on any atom is -0.309 e. The van der Waals surface area contributed by atoms with Crippen molar-refractivity contribution in [3.05, 3.63) is 193 Å². The second-order valence-corrected chi connectivity index (χ2v) is 16.5. The van der Waals surface area contributed by atoms with Crippen LogP contribution in [0.15, 0.2) is 182 Å². The van der Waals surface area contributed by atoms with Gasteiger partial charge in [-0.1, -0.05) is 159 Å². The van der Waals surface area contributed by atoms with Crippen LogP contribution in [0.3, 0.4) is 0 Å². The number of hydrogen-bond acceptors (Lipinski definition) is 2. The van der Waals surface area contributed by atoms with Crippen molar-refractivity contribution >= 4 is 76.1 Å². The van der Waals surface area contributed by atoms with Gasteiger partial charge in [-0.05, 0) is 80.2 Å². The Hall–Kier alpha value is -7.56. The van der Waals surface area contributed by atoms with Crippen LogP contribution in [0, 0.1) is 0 Å². The van der Waals surface area contributed by atoms with Gasteiger partial charge in [0.2, 0.25) is 5.95 Å². The van der Waals surface area contributed by atoms with Crippen molar-refractivity contribution in [2.24, 2.45) is 0 Å². The predicted octanol–water partition coefficient (Wildman–Crippen LogP) is 14.1. The molecular formula is C55H36N4. The molecule has 0 spiro atoms. The Kier molecular flexibility index (Phi) is 6.48. The van der Waals surface area contributed by atoms with E-state index in [0.717, 1.165) is 38.9 Å². The lowest BCUT2D eigenvalue weighted by Crippen LogP contribution is -2.14. The van der Waals surface area contributed by atoms with Crippen LogP contribution in [0.5, 0.6) is 0 Å². The summed E-state index contributed by atoms with van der Waals surface area (Å²) >= 11 is 0. The zero-order valence-corrected chi connectivity index (χ0v) is 32.6. The van der Waals surface area contributed by atoms with Crippen molar-refractivity contribution in [1.82, 2.24) is 19.1 Å². The average molecular weight is 753 g/mol. The molecule has 0 aliphatic heterocycles. The standard InChI is InChI=1S/C55H36N4/c1-55(2)43-22-10-7-18-38(43)50-42(21-13-23-44(50)55)53-39-19-8-11-24-45(39)56-54(57-53)59-48-31-27-34-15-4-6-17-37(34)52(48)41-29-28-35(32-49(41)59)58-46-25-12-9-20-40(46)51-36-16-5-3-14-33(36)26-30-47(51)58/h3-32H,1-2H3. The zero-order chi connectivity index (χ0) is 39.0. The number of nitrogens with zero attached hydrogens (tertiary/aromatic N) is 4. The van der Waals surface area contributed by atoms with Gasteiger partial charge in [0.1, 0.15) is 0 Å². The van der Waals surface area contributed by atoms with Crippen molar-refractivity contribution in [2.45, 2.75) is 19.3 Å². The maximum atomic E-state index is 5.66. The van der Waals surface area contributed by atoms with Crippen molar-refractivity contribution in [1.29, 1.82) is 0 Å². The highest BCUT2D eigenvalue weighted by atomic mass is 15.2. The number of aromatic nitrogens is 4. The largest absolute Gasteiger partial charge is 0.309 e. The summed E-state index contributed by atoms with van der Waals surface area (Å²) in [6, 6.07) is 66.3. The highest BCUT2D eigenvalue weighted by Crippen LogP contribution is 2.52. The van der Waals surface area contributed by atoms with Crippen LogP contribution >= 0.6 is 0 Å². The number of para-hydroxylation sites is 2. The Bertz CT molecular complexity index is 3770. The molecule has 1 aliphatic rings. The number of hydrogen-bond donors (Lipinski definition) is 0. The molecule has 12 aromatic rings. The minimum atomic E-state index is -0.128. The van der Waals surface area contributed by atoms with Crippen LogP contribution in [-0.2, 0) is 5.41 Å². The quantitative estimate of drug-likeness (QED) is 0.180. The first-order valence-electron chi connectivity index (χ1n) is 20.4. The minimum absolute atomic E-state index is 0.128. The van der Waals surface area contributed by atoms with E-state index in [-0.39, 0.29) is 5.41 Å². The van der Waals surface area contributed by atoms with Gasteiger partial charge in [0.25, 0.3) is 0 Å². The van der Waals surface area contributed by atoms with Gasteiger partial charge in [0.15, 0.2) is 0 Å². The Labute approximate surface area is 340 Å². The van der Waals surface area contributed by atoms with Crippen LogP contribution in [0.2, 0.25) is 0 Å². The SMILES string of the molecule is CC1(C)c2ccccc2-c2c(-c3nc(-n4c5cc(-n6c7ccccc7c7c8ccccc8ccc76)ccc5c5c6ccccc6ccc54)nc4ccccc34)cccc21. The predicted molar refractivity (Wildman–Crippen MR) is 246 cm³/mol. The molecule has 3 heterocycles. The Morgan fingerprint density at radius 3 is 1.78 bits per heavy atom. The first-order valence-corrected chi connectivity index (χ1v) is 20.4. The second kappa shape index (κ2) is 11.7. The van der Waals surface area contributed by atoms with E-state index in [1.807, 2.05) is 0 Å². The summed E-state index contributed by atoms with van der Waals surface area (Å²) in [7, 11) is 0. The van der Waals surface area contributed by atoms with Gasteiger partial charge >= 0.3 is 0 Å². The van der Waals surface area contributed by atoms with E-state index in [9.17, 15) is 0 Å². The molecule has 59 heavy (non-hydrogen) atoms. The number of fused-ring (bicyclic) bond motifs is 14. The second-order valence-electron chi connectivity index (χ2n) is 16.5. The van der Waals surface area contributed by atoms with Crippen LogP contribution in [0.1, 0.15) is 25.0 Å². The molecule has 0 fully saturated rings. The van der Waals surface area contributed by atoms with Gasteiger partial charge in [-0.25, -0.2) is 9.97 Å². The van der Waals surface area contributed by atoms with Gasteiger partial charge in [0, 0.05) is 43.6 Å². The molecule has 0 bridgehead atoms. The molecule has 0 unspecified atom stereocenters. The number of benzene rings is 9. The molecule has 3 aromatic heterocycles. The molecule has 0 saturated carbocycles. The lowest BCUT2D eigenvalue weighted by atomic mass is 9.82. The molecule has 276 valence electrons. The average Bonchev–Trinajstić information content (AvgIpc) is 3.89. The van der Waals surface area contributed by atoms with E-state index in [2.05, 4.69) is 205 Å². The Balaban J connectivity index is 1.14. The molecule has 9 aromatic carbocycles. The third-order valence-electron chi connectivity index (χ3n) is 13.1. The molecule has 0 radical (unpaired) electrons. The molecule has 4 nitrogen and oxygen atoms in total. The van der Waals surface area contributed by atoms with E-state index in [1.165, 1.54) is 76.4 Å². The van der Waals surface area contributed by atoms with Gasteiger partial charge in [-0.3, -0.25) is 4.57 Å². The van der Waals surface area contributed by atoms with E-state index >= 15 is 0 Å². The third kappa shape index (κ3) is 4.38. The maximum absolute atomic E-state index is 5.66.